The number of carbonyl (C=O) groups excluding carboxylic acids is 1. The molecule has 2 aliphatic heterocycles. The first-order valence-corrected chi connectivity index (χ1v) is 11.1. The van der Waals surface area contributed by atoms with Crippen molar-refractivity contribution >= 4 is 6.09 Å². The second-order valence-electron chi connectivity index (χ2n) is 7.95. The van der Waals surface area contributed by atoms with Crippen LogP contribution in [0.25, 0.3) is 0 Å². The summed E-state index contributed by atoms with van der Waals surface area (Å²) in [6, 6.07) is 19.9. The molecule has 4 rings (SSSR count). The molecule has 0 spiro atoms. The fourth-order valence-corrected chi connectivity index (χ4v) is 4.55. The number of methoxy groups -OCH3 is 1. The van der Waals surface area contributed by atoms with Crippen molar-refractivity contribution in [2.45, 2.75) is 24.2 Å². The van der Waals surface area contributed by atoms with E-state index in [9.17, 15) is 4.79 Å². The zero-order valence-corrected chi connectivity index (χ0v) is 18.5. The van der Waals surface area contributed by atoms with E-state index in [4.69, 9.17) is 23.7 Å². The highest BCUT2D eigenvalue weighted by atomic mass is 16.6. The molecule has 0 aliphatic carbocycles. The predicted octanol–water partition coefficient (Wildman–Crippen LogP) is 3.22. The van der Waals surface area contributed by atoms with Crippen LogP contribution < -0.4 is 0 Å². The summed E-state index contributed by atoms with van der Waals surface area (Å²) < 4.78 is 28.1. The van der Waals surface area contributed by atoms with Gasteiger partial charge < -0.3 is 23.7 Å². The Hall–Kier alpha value is -2.45. The maximum Gasteiger partial charge on any atom is 0.411 e. The number of nitrogens with zero attached hydrogens (tertiary/aromatic N) is 1. The maximum absolute atomic E-state index is 12.9. The summed E-state index contributed by atoms with van der Waals surface area (Å²) in [5.41, 5.74) is 1.11. The molecule has 2 aliphatic rings. The number of benzene rings is 2. The minimum Gasteiger partial charge on any atom is -0.431 e. The van der Waals surface area contributed by atoms with Crippen LogP contribution in [0.3, 0.4) is 0 Å². The van der Waals surface area contributed by atoms with Crippen molar-refractivity contribution < 1.29 is 28.5 Å². The van der Waals surface area contributed by atoms with E-state index in [2.05, 4.69) is 0 Å². The minimum absolute atomic E-state index is 0.0544. The molecule has 2 atom stereocenters. The molecule has 1 amide bonds. The number of ether oxygens (including phenoxy) is 5. The third kappa shape index (κ3) is 4.81. The normalized spacial score (nSPS) is 21.5. The first-order valence-electron chi connectivity index (χ1n) is 11.1. The van der Waals surface area contributed by atoms with E-state index in [0.717, 1.165) is 11.1 Å². The van der Waals surface area contributed by atoms with E-state index in [1.54, 1.807) is 7.11 Å². The molecule has 7 heteroatoms. The van der Waals surface area contributed by atoms with Crippen molar-refractivity contribution in [2.75, 3.05) is 53.3 Å². The highest BCUT2D eigenvalue weighted by Gasteiger charge is 2.59. The number of hydrogen-bond donors (Lipinski definition) is 0. The van der Waals surface area contributed by atoms with E-state index in [1.807, 2.05) is 65.6 Å². The number of rotatable bonds is 12. The molecule has 0 radical (unpaired) electrons. The Kier molecular flexibility index (Phi) is 7.76. The van der Waals surface area contributed by atoms with E-state index >= 15 is 0 Å². The number of fused-ring (bicyclic) bond motifs is 1. The fraction of sp³-hybridized carbons (Fsp3) is 0.480. The van der Waals surface area contributed by atoms with E-state index in [1.165, 1.54) is 0 Å². The molecule has 2 aromatic rings. The topological polar surface area (TPSA) is 66.5 Å². The zero-order chi connectivity index (χ0) is 22.2. The lowest BCUT2D eigenvalue weighted by molar-refractivity contribution is -0.0174. The van der Waals surface area contributed by atoms with Crippen LogP contribution in [0.15, 0.2) is 60.7 Å². The number of amides is 1. The second-order valence-corrected chi connectivity index (χ2v) is 7.95. The lowest BCUT2D eigenvalue weighted by Gasteiger charge is -2.33. The first kappa shape index (κ1) is 22.7. The molecule has 2 aromatic carbocycles. The van der Waals surface area contributed by atoms with Crippen LogP contribution in [0.2, 0.25) is 0 Å². The second kappa shape index (κ2) is 10.9. The Labute approximate surface area is 189 Å². The molecular formula is C25H31NO6. The van der Waals surface area contributed by atoms with Crippen molar-refractivity contribution in [1.82, 2.24) is 4.90 Å². The Morgan fingerprint density at radius 1 is 0.875 bits per heavy atom. The molecule has 2 saturated heterocycles. The van der Waals surface area contributed by atoms with Crippen LogP contribution in [0.5, 0.6) is 0 Å². The molecule has 0 saturated carbocycles. The standard InChI is InChI=1S/C25H31NO6/c1-28-12-13-29-14-15-30-16-17-31-22-18-23-25(20-8-4-2-5-9-20,21-10-6-3-7-11-21)32-24(27)26(23)19-22/h2-11,22-23H,12-19H2,1H3/t22-,23+/m1/s1. The molecular weight excluding hydrogens is 410 g/mol. The monoisotopic (exact) mass is 441 g/mol. The number of cyclic esters (lactones) is 1. The van der Waals surface area contributed by atoms with Gasteiger partial charge in [-0.1, -0.05) is 60.7 Å². The summed E-state index contributed by atoms with van der Waals surface area (Å²) in [4.78, 5) is 14.7. The van der Waals surface area contributed by atoms with Crippen LogP contribution in [0.4, 0.5) is 4.79 Å². The van der Waals surface area contributed by atoms with Gasteiger partial charge in [-0.15, -0.1) is 0 Å². The van der Waals surface area contributed by atoms with Gasteiger partial charge in [0.15, 0.2) is 5.60 Å². The van der Waals surface area contributed by atoms with E-state index in [0.29, 0.717) is 52.6 Å². The summed E-state index contributed by atoms with van der Waals surface area (Å²) in [7, 11) is 1.65. The lowest BCUT2D eigenvalue weighted by Crippen LogP contribution is -2.40. The van der Waals surface area contributed by atoms with Gasteiger partial charge in [-0.25, -0.2) is 4.79 Å². The summed E-state index contributed by atoms with van der Waals surface area (Å²) in [6.45, 7) is 3.68. The highest BCUT2D eigenvalue weighted by Crippen LogP contribution is 2.48. The van der Waals surface area contributed by atoms with Crippen molar-refractivity contribution in [3.8, 4) is 0 Å². The molecule has 0 aromatic heterocycles. The third-order valence-corrected chi connectivity index (χ3v) is 6.01. The van der Waals surface area contributed by atoms with Gasteiger partial charge in [-0.05, 0) is 0 Å². The van der Waals surface area contributed by atoms with Gasteiger partial charge in [0, 0.05) is 24.7 Å². The van der Waals surface area contributed by atoms with Crippen LogP contribution in [-0.4, -0.2) is 76.4 Å². The van der Waals surface area contributed by atoms with Crippen molar-refractivity contribution in [1.29, 1.82) is 0 Å². The van der Waals surface area contributed by atoms with Gasteiger partial charge in [-0.3, -0.25) is 4.90 Å². The van der Waals surface area contributed by atoms with E-state index < -0.39 is 5.60 Å². The molecule has 7 nitrogen and oxygen atoms in total. The average Bonchev–Trinajstić information content (AvgIpc) is 3.38. The Morgan fingerprint density at radius 2 is 1.44 bits per heavy atom. The highest BCUT2D eigenvalue weighted by molar-refractivity contribution is 5.74. The molecule has 32 heavy (non-hydrogen) atoms. The summed E-state index contributed by atoms with van der Waals surface area (Å²) in [5.74, 6) is 0. The van der Waals surface area contributed by atoms with Crippen molar-refractivity contribution in [2.24, 2.45) is 0 Å². The Balaban J connectivity index is 1.37. The van der Waals surface area contributed by atoms with E-state index in [-0.39, 0.29) is 18.2 Å². The van der Waals surface area contributed by atoms with Crippen molar-refractivity contribution in [3.05, 3.63) is 71.8 Å². The maximum atomic E-state index is 12.9. The van der Waals surface area contributed by atoms with Crippen molar-refractivity contribution in [3.63, 3.8) is 0 Å². The smallest absolute Gasteiger partial charge is 0.411 e. The van der Waals surface area contributed by atoms with Crippen LogP contribution >= 0.6 is 0 Å². The number of hydrogen-bond acceptors (Lipinski definition) is 6. The molecule has 0 N–H and O–H groups in total. The molecule has 0 unspecified atom stereocenters. The van der Waals surface area contributed by atoms with Gasteiger partial charge >= 0.3 is 6.09 Å². The van der Waals surface area contributed by atoms with Crippen LogP contribution in [-0.2, 0) is 29.3 Å². The fourth-order valence-electron chi connectivity index (χ4n) is 4.55. The summed E-state index contributed by atoms with van der Waals surface area (Å²) >= 11 is 0. The third-order valence-electron chi connectivity index (χ3n) is 6.01. The van der Waals surface area contributed by atoms with Crippen LogP contribution in [0.1, 0.15) is 17.5 Å². The molecule has 2 fully saturated rings. The number of carbonyl (C=O) groups is 1. The Bertz CT molecular complexity index is 807. The predicted molar refractivity (Wildman–Crippen MR) is 119 cm³/mol. The molecule has 172 valence electrons. The SMILES string of the molecule is COCCOCCOCCO[C@@H]1C[C@@H]2N(C1)C(=O)OC2(c1ccccc1)c1ccccc1. The minimum atomic E-state index is -0.840. The first-order chi connectivity index (χ1) is 15.8. The van der Waals surface area contributed by atoms with Gasteiger partial charge in [-0.2, -0.15) is 0 Å². The van der Waals surface area contributed by atoms with Crippen LogP contribution in [0, 0.1) is 0 Å². The van der Waals surface area contributed by atoms with Gasteiger partial charge in [0.2, 0.25) is 0 Å². The van der Waals surface area contributed by atoms with Gasteiger partial charge in [0.25, 0.3) is 0 Å². The van der Waals surface area contributed by atoms with Gasteiger partial charge in [0.05, 0.1) is 58.3 Å². The average molecular weight is 442 g/mol. The zero-order valence-electron chi connectivity index (χ0n) is 18.5. The molecule has 2 heterocycles. The summed E-state index contributed by atoms with van der Waals surface area (Å²) in [5, 5.41) is 0. The Morgan fingerprint density at radius 3 is 2.03 bits per heavy atom. The molecule has 0 bridgehead atoms. The quantitative estimate of drug-likeness (QED) is 0.471. The summed E-state index contributed by atoms with van der Waals surface area (Å²) in [6.07, 6.45) is 0.356. The largest absolute Gasteiger partial charge is 0.431 e. The lowest BCUT2D eigenvalue weighted by atomic mass is 9.79. The van der Waals surface area contributed by atoms with Gasteiger partial charge in [0.1, 0.15) is 0 Å².